The molecule has 0 aromatic heterocycles. The second-order valence-electron chi connectivity index (χ2n) is 7.07. The van der Waals surface area contributed by atoms with Crippen molar-refractivity contribution < 1.29 is 27.4 Å². The third kappa shape index (κ3) is 6.60. The molecule has 0 atom stereocenters. The third-order valence-corrected chi connectivity index (χ3v) is 5.97. The lowest BCUT2D eigenvalue weighted by molar-refractivity contribution is 0.0940. The summed E-state index contributed by atoms with van der Waals surface area (Å²) in [6.07, 6.45) is 2.83. The Morgan fingerprint density at radius 1 is 1.03 bits per heavy atom. The van der Waals surface area contributed by atoms with Crippen molar-refractivity contribution in [2.75, 3.05) is 37.7 Å². The number of rotatable bonds is 11. The lowest BCUT2D eigenvalue weighted by atomic mass is 10.2. The smallest absolute Gasteiger partial charge is 0.262 e. The van der Waals surface area contributed by atoms with Crippen LogP contribution in [-0.4, -0.2) is 47.3 Å². The summed E-state index contributed by atoms with van der Waals surface area (Å²) in [5.74, 6) is 0.634. The standard InChI is InChI=1S/C22H28N2O6S/c1-2-3-11-28-12-5-10-23-22(25)17-6-4-7-18(15-17)24-31(26,27)19-8-9-20-21(16-19)30-14-13-29-20/h4,6-9,15-16,24H,2-3,5,10-14H2,1H3,(H,23,25). The number of sulfonamides is 1. The number of amides is 1. The van der Waals surface area contributed by atoms with Gasteiger partial charge in [-0.1, -0.05) is 19.4 Å². The number of carbonyl (C=O) groups is 1. The molecule has 0 saturated heterocycles. The fourth-order valence-corrected chi connectivity index (χ4v) is 4.02. The van der Waals surface area contributed by atoms with Gasteiger partial charge in [0.2, 0.25) is 0 Å². The highest BCUT2D eigenvalue weighted by Crippen LogP contribution is 2.32. The molecule has 9 heteroatoms. The number of fused-ring (bicyclic) bond motifs is 1. The SMILES string of the molecule is CCCCOCCCNC(=O)c1cccc(NS(=O)(=O)c2ccc3c(c2)OCCO3)c1. The van der Waals surface area contributed by atoms with Crippen LogP contribution in [0.1, 0.15) is 36.5 Å². The van der Waals surface area contributed by atoms with E-state index in [9.17, 15) is 13.2 Å². The van der Waals surface area contributed by atoms with Gasteiger partial charge in [-0.2, -0.15) is 0 Å². The molecule has 0 bridgehead atoms. The number of hydrogen-bond donors (Lipinski definition) is 2. The first kappa shape index (κ1) is 22.9. The van der Waals surface area contributed by atoms with Crippen LogP contribution in [0.15, 0.2) is 47.4 Å². The van der Waals surface area contributed by atoms with Crippen LogP contribution < -0.4 is 19.5 Å². The summed E-state index contributed by atoms with van der Waals surface area (Å²) < 4.78 is 44.4. The van der Waals surface area contributed by atoms with Gasteiger partial charge in [-0.3, -0.25) is 9.52 Å². The number of anilines is 1. The average molecular weight is 449 g/mol. The van der Waals surface area contributed by atoms with Crippen LogP contribution in [-0.2, 0) is 14.8 Å². The second-order valence-corrected chi connectivity index (χ2v) is 8.75. The van der Waals surface area contributed by atoms with E-state index >= 15 is 0 Å². The van der Waals surface area contributed by atoms with E-state index in [0.29, 0.717) is 55.5 Å². The Morgan fingerprint density at radius 2 is 1.81 bits per heavy atom. The summed E-state index contributed by atoms with van der Waals surface area (Å²) in [7, 11) is -3.86. The molecule has 0 spiro atoms. The van der Waals surface area contributed by atoms with E-state index < -0.39 is 10.0 Å². The minimum atomic E-state index is -3.86. The Morgan fingerprint density at radius 3 is 2.61 bits per heavy atom. The van der Waals surface area contributed by atoms with Gasteiger partial charge in [-0.25, -0.2) is 8.42 Å². The Kier molecular flexibility index (Phi) is 8.13. The molecule has 2 aromatic rings. The molecule has 0 unspecified atom stereocenters. The normalized spacial score (nSPS) is 12.9. The number of hydrogen-bond acceptors (Lipinski definition) is 6. The van der Waals surface area contributed by atoms with E-state index in [0.717, 1.165) is 19.4 Å². The Labute approximate surface area is 182 Å². The van der Waals surface area contributed by atoms with E-state index in [-0.39, 0.29) is 10.8 Å². The van der Waals surface area contributed by atoms with Gasteiger partial charge in [-0.05, 0) is 43.2 Å². The highest BCUT2D eigenvalue weighted by molar-refractivity contribution is 7.92. The van der Waals surface area contributed by atoms with E-state index in [1.807, 2.05) is 0 Å². The average Bonchev–Trinajstić information content (AvgIpc) is 2.78. The number of nitrogens with one attached hydrogen (secondary N) is 2. The minimum absolute atomic E-state index is 0.0506. The largest absolute Gasteiger partial charge is 0.486 e. The summed E-state index contributed by atoms with van der Waals surface area (Å²) in [5.41, 5.74) is 0.666. The van der Waals surface area contributed by atoms with E-state index in [1.165, 1.54) is 18.2 Å². The first-order chi connectivity index (χ1) is 15.0. The molecule has 2 aromatic carbocycles. The first-order valence-electron chi connectivity index (χ1n) is 10.4. The molecule has 3 rings (SSSR count). The van der Waals surface area contributed by atoms with Crippen LogP contribution in [0.3, 0.4) is 0 Å². The Hall–Kier alpha value is -2.78. The maximum Gasteiger partial charge on any atom is 0.262 e. The van der Waals surface area contributed by atoms with Crippen LogP contribution in [0.25, 0.3) is 0 Å². The molecule has 8 nitrogen and oxygen atoms in total. The Bertz CT molecular complexity index is 993. The molecule has 1 amide bonds. The zero-order chi connectivity index (χ0) is 22.1. The topological polar surface area (TPSA) is 103 Å². The minimum Gasteiger partial charge on any atom is -0.486 e. The van der Waals surface area contributed by atoms with Gasteiger partial charge in [0.05, 0.1) is 4.90 Å². The van der Waals surface area contributed by atoms with Gasteiger partial charge in [0.25, 0.3) is 15.9 Å². The zero-order valence-corrected chi connectivity index (χ0v) is 18.4. The molecule has 168 valence electrons. The van der Waals surface area contributed by atoms with E-state index in [1.54, 1.807) is 24.3 Å². The molecular weight excluding hydrogens is 420 g/mol. The maximum atomic E-state index is 12.8. The second kappa shape index (κ2) is 11.0. The lowest BCUT2D eigenvalue weighted by Gasteiger charge is -2.19. The summed E-state index contributed by atoms with van der Waals surface area (Å²) >= 11 is 0. The molecule has 0 radical (unpaired) electrons. The van der Waals surface area contributed by atoms with Crippen molar-refractivity contribution >= 4 is 21.6 Å². The van der Waals surface area contributed by atoms with Crippen molar-refractivity contribution in [3.05, 3.63) is 48.0 Å². The lowest BCUT2D eigenvalue weighted by Crippen LogP contribution is -2.25. The molecule has 2 N–H and O–H groups in total. The van der Waals surface area contributed by atoms with Crippen LogP contribution in [0, 0.1) is 0 Å². The maximum absolute atomic E-state index is 12.8. The van der Waals surface area contributed by atoms with Crippen LogP contribution in [0.2, 0.25) is 0 Å². The Balaban J connectivity index is 1.57. The predicted molar refractivity (Wildman–Crippen MR) is 117 cm³/mol. The molecule has 0 saturated carbocycles. The van der Waals surface area contributed by atoms with Gasteiger partial charge < -0.3 is 19.5 Å². The fraction of sp³-hybridized carbons (Fsp3) is 0.409. The molecule has 1 aliphatic heterocycles. The highest BCUT2D eigenvalue weighted by atomic mass is 32.2. The van der Waals surface area contributed by atoms with Crippen molar-refractivity contribution in [3.8, 4) is 11.5 Å². The molecule has 0 fully saturated rings. The van der Waals surface area contributed by atoms with Crippen molar-refractivity contribution in [1.82, 2.24) is 5.32 Å². The highest BCUT2D eigenvalue weighted by Gasteiger charge is 2.20. The predicted octanol–water partition coefficient (Wildman–Crippen LogP) is 3.20. The molecular formula is C22H28N2O6S. The number of ether oxygens (including phenoxy) is 3. The van der Waals surface area contributed by atoms with Crippen LogP contribution in [0.4, 0.5) is 5.69 Å². The molecule has 1 heterocycles. The number of carbonyl (C=O) groups excluding carboxylic acids is 1. The molecule has 1 aliphatic rings. The summed E-state index contributed by atoms with van der Waals surface area (Å²) in [6, 6.07) is 10.8. The van der Waals surface area contributed by atoms with Crippen LogP contribution >= 0.6 is 0 Å². The van der Waals surface area contributed by atoms with Crippen molar-refractivity contribution in [3.63, 3.8) is 0 Å². The summed E-state index contributed by atoms with van der Waals surface area (Å²) in [5, 5.41) is 2.82. The molecule has 0 aliphatic carbocycles. The van der Waals surface area contributed by atoms with Crippen LogP contribution in [0.5, 0.6) is 11.5 Å². The fourth-order valence-electron chi connectivity index (χ4n) is 2.96. The zero-order valence-electron chi connectivity index (χ0n) is 17.6. The monoisotopic (exact) mass is 448 g/mol. The van der Waals surface area contributed by atoms with Gasteiger partial charge in [0.1, 0.15) is 13.2 Å². The van der Waals surface area contributed by atoms with Gasteiger partial charge in [-0.15, -0.1) is 0 Å². The third-order valence-electron chi connectivity index (χ3n) is 4.59. The van der Waals surface area contributed by atoms with Gasteiger partial charge in [0.15, 0.2) is 11.5 Å². The first-order valence-corrected chi connectivity index (χ1v) is 11.9. The summed E-state index contributed by atoms with van der Waals surface area (Å²) in [4.78, 5) is 12.4. The van der Waals surface area contributed by atoms with Gasteiger partial charge in [0, 0.05) is 37.1 Å². The summed E-state index contributed by atoms with van der Waals surface area (Å²) in [6.45, 7) is 4.71. The van der Waals surface area contributed by atoms with E-state index in [2.05, 4.69) is 17.0 Å². The molecule has 31 heavy (non-hydrogen) atoms. The van der Waals surface area contributed by atoms with E-state index in [4.69, 9.17) is 14.2 Å². The number of unbranched alkanes of at least 4 members (excludes halogenated alkanes) is 1. The number of benzene rings is 2. The van der Waals surface area contributed by atoms with Crippen molar-refractivity contribution in [1.29, 1.82) is 0 Å². The quantitative estimate of drug-likeness (QED) is 0.512. The van der Waals surface area contributed by atoms with Crippen molar-refractivity contribution in [2.45, 2.75) is 31.1 Å². The van der Waals surface area contributed by atoms with Gasteiger partial charge >= 0.3 is 0 Å². The van der Waals surface area contributed by atoms with Crippen molar-refractivity contribution in [2.24, 2.45) is 0 Å².